The van der Waals surface area contributed by atoms with Gasteiger partial charge in [-0.15, -0.1) is 0 Å². The molecule has 0 saturated carbocycles. The Labute approximate surface area is 129 Å². The molecule has 7 nitrogen and oxygen atoms in total. The Hall–Kier alpha value is -1.89. The predicted octanol–water partition coefficient (Wildman–Crippen LogP) is 1.47. The quantitative estimate of drug-likeness (QED) is 0.855. The average Bonchev–Trinajstić information content (AvgIpc) is 2.85. The molecular formula is C15H23N5O2. The van der Waals surface area contributed by atoms with Crippen molar-refractivity contribution >= 4 is 0 Å². The fraction of sp³-hybridized carbons (Fsp3) is 0.667. The number of hydrogen-bond acceptors (Lipinski definition) is 5. The molecule has 0 aliphatic carbocycles. The zero-order valence-corrected chi connectivity index (χ0v) is 13.5. The van der Waals surface area contributed by atoms with E-state index in [9.17, 15) is 4.79 Å². The Morgan fingerprint density at radius 3 is 2.82 bits per heavy atom. The van der Waals surface area contributed by atoms with E-state index in [2.05, 4.69) is 15.2 Å². The van der Waals surface area contributed by atoms with Crippen molar-refractivity contribution in [2.45, 2.75) is 59.3 Å². The molecule has 0 spiro atoms. The van der Waals surface area contributed by atoms with Crippen LogP contribution in [0.3, 0.4) is 0 Å². The molecule has 1 aliphatic rings. The van der Waals surface area contributed by atoms with Crippen LogP contribution in [-0.2, 0) is 26.2 Å². The first kappa shape index (κ1) is 15.0. The molecule has 3 heterocycles. The van der Waals surface area contributed by atoms with Crippen molar-refractivity contribution in [3.8, 4) is 0 Å². The monoisotopic (exact) mass is 305 g/mol. The third kappa shape index (κ3) is 2.85. The Kier molecular flexibility index (Phi) is 4.15. The van der Waals surface area contributed by atoms with Crippen LogP contribution in [0.15, 0.2) is 9.32 Å². The van der Waals surface area contributed by atoms with Gasteiger partial charge in [-0.05, 0) is 33.7 Å². The van der Waals surface area contributed by atoms with Crippen molar-refractivity contribution in [3.05, 3.63) is 33.3 Å². The fourth-order valence-corrected chi connectivity index (χ4v) is 2.99. The van der Waals surface area contributed by atoms with Gasteiger partial charge in [0.1, 0.15) is 11.6 Å². The van der Waals surface area contributed by atoms with Gasteiger partial charge in [0, 0.05) is 25.1 Å². The van der Waals surface area contributed by atoms with Gasteiger partial charge in [-0.25, -0.2) is 4.79 Å². The minimum Gasteiger partial charge on any atom is -0.361 e. The molecule has 0 unspecified atom stereocenters. The summed E-state index contributed by atoms with van der Waals surface area (Å²) in [4.78, 5) is 14.5. The van der Waals surface area contributed by atoms with Crippen LogP contribution in [0.1, 0.15) is 42.1 Å². The zero-order chi connectivity index (χ0) is 15.7. The van der Waals surface area contributed by atoms with Gasteiger partial charge in [0.2, 0.25) is 0 Å². The molecule has 0 bridgehead atoms. The molecule has 2 aromatic heterocycles. The van der Waals surface area contributed by atoms with E-state index >= 15 is 0 Å². The van der Waals surface area contributed by atoms with Gasteiger partial charge in [0.05, 0.1) is 12.4 Å². The van der Waals surface area contributed by atoms with Gasteiger partial charge in [0.15, 0.2) is 0 Å². The van der Waals surface area contributed by atoms with Crippen molar-refractivity contribution < 1.29 is 4.52 Å². The number of aromatic nitrogens is 4. The summed E-state index contributed by atoms with van der Waals surface area (Å²) in [5.41, 5.74) is 1.98. The third-order valence-electron chi connectivity index (χ3n) is 4.27. The van der Waals surface area contributed by atoms with Crippen LogP contribution in [0.4, 0.5) is 0 Å². The average molecular weight is 305 g/mol. The van der Waals surface area contributed by atoms with E-state index in [4.69, 9.17) is 4.52 Å². The van der Waals surface area contributed by atoms with Gasteiger partial charge < -0.3 is 4.52 Å². The van der Waals surface area contributed by atoms with Crippen molar-refractivity contribution in [2.75, 3.05) is 7.05 Å². The van der Waals surface area contributed by atoms with Crippen molar-refractivity contribution in [3.63, 3.8) is 0 Å². The SMILES string of the molecule is Cc1noc(C)c1CN(C)Cn1nc2n(c1=O)CCCCC2. The van der Waals surface area contributed by atoms with Crippen LogP contribution in [0.25, 0.3) is 0 Å². The molecule has 0 fully saturated rings. The smallest absolute Gasteiger partial charge is 0.347 e. The van der Waals surface area contributed by atoms with Crippen molar-refractivity contribution in [2.24, 2.45) is 0 Å². The highest BCUT2D eigenvalue weighted by molar-refractivity contribution is 5.20. The minimum atomic E-state index is 0.00233. The third-order valence-corrected chi connectivity index (χ3v) is 4.27. The van der Waals surface area contributed by atoms with E-state index in [1.165, 1.54) is 6.42 Å². The maximum Gasteiger partial charge on any atom is 0.347 e. The van der Waals surface area contributed by atoms with E-state index in [1.807, 2.05) is 25.5 Å². The number of rotatable bonds is 4. The number of fused-ring (bicyclic) bond motifs is 1. The van der Waals surface area contributed by atoms with E-state index in [-0.39, 0.29) is 5.69 Å². The first-order valence-corrected chi connectivity index (χ1v) is 7.83. The summed E-state index contributed by atoms with van der Waals surface area (Å²) in [5.74, 6) is 1.76. The van der Waals surface area contributed by atoms with E-state index in [0.29, 0.717) is 13.2 Å². The van der Waals surface area contributed by atoms with E-state index in [0.717, 1.165) is 48.6 Å². The highest BCUT2D eigenvalue weighted by Gasteiger charge is 2.17. The van der Waals surface area contributed by atoms with Gasteiger partial charge in [-0.2, -0.15) is 9.78 Å². The Morgan fingerprint density at radius 1 is 1.27 bits per heavy atom. The van der Waals surface area contributed by atoms with Crippen LogP contribution in [0.5, 0.6) is 0 Å². The second-order valence-corrected chi connectivity index (χ2v) is 6.12. The lowest BCUT2D eigenvalue weighted by Gasteiger charge is -2.15. The highest BCUT2D eigenvalue weighted by atomic mass is 16.5. The van der Waals surface area contributed by atoms with Crippen LogP contribution >= 0.6 is 0 Å². The molecule has 0 aromatic carbocycles. The molecule has 7 heteroatoms. The summed E-state index contributed by atoms with van der Waals surface area (Å²) in [6.45, 7) is 5.80. The summed E-state index contributed by atoms with van der Waals surface area (Å²) in [7, 11) is 1.98. The first-order valence-electron chi connectivity index (χ1n) is 7.83. The highest BCUT2D eigenvalue weighted by Crippen LogP contribution is 2.15. The lowest BCUT2D eigenvalue weighted by Crippen LogP contribution is -2.32. The zero-order valence-electron chi connectivity index (χ0n) is 13.5. The second kappa shape index (κ2) is 6.08. The standard InChI is InChI=1S/C15H23N5O2/c1-11-13(12(2)22-17-11)9-18(3)10-20-15(21)19-8-6-4-5-7-14(19)16-20/h4-10H2,1-3H3. The summed E-state index contributed by atoms with van der Waals surface area (Å²) in [5, 5.41) is 8.48. The molecule has 0 radical (unpaired) electrons. The Bertz CT molecular complexity index is 693. The molecule has 2 aromatic rings. The molecule has 0 N–H and O–H groups in total. The molecule has 120 valence electrons. The molecule has 3 rings (SSSR count). The Balaban J connectivity index is 1.75. The Morgan fingerprint density at radius 2 is 2.09 bits per heavy atom. The van der Waals surface area contributed by atoms with E-state index in [1.54, 1.807) is 4.68 Å². The van der Waals surface area contributed by atoms with Gasteiger partial charge in [0.25, 0.3) is 0 Å². The second-order valence-electron chi connectivity index (χ2n) is 6.12. The summed E-state index contributed by atoms with van der Waals surface area (Å²) in [6.07, 6.45) is 4.25. The molecule has 0 atom stereocenters. The van der Waals surface area contributed by atoms with Crippen molar-refractivity contribution in [1.29, 1.82) is 0 Å². The summed E-state index contributed by atoms with van der Waals surface area (Å²) < 4.78 is 8.58. The normalized spacial score (nSPS) is 15.1. The van der Waals surface area contributed by atoms with Gasteiger partial charge in [-0.1, -0.05) is 11.6 Å². The van der Waals surface area contributed by atoms with Gasteiger partial charge in [-0.3, -0.25) is 9.47 Å². The number of hydrogen-bond donors (Lipinski definition) is 0. The fourth-order valence-electron chi connectivity index (χ4n) is 2.99. The number of aryl methyl sites for hydroxylation is 3. The lowest BCUT2D eigenvalue weighted by atomic mass is 10.2. The van der Waals surface area contributed by atoms with E-state index < -0.39 is 0 Å². The predicted molar refractivity (Wildman–Crippen MR) is 81.5 cm³/mol. The lowest BCUT2D eigenvalue weighted by molar-refractivity contribution is 0.238. The van der Waals surface area contributed by atoms with Crippen LogP contribution in [0, 0.1) is 13.8 Å². The molecule has 0 amide bonds. The molecule has 1 aliphatic heterocycles. The van der Waals surface area contributed by atoms with Crippen LogP contribution in [0.2, 0.25) is 0 Å². The summed E-state index contributed by atoms with van der Waals surface area (Å²) in [6, 6.07) is 0. The van der Waals surface area contributed by atoms with Crippen LogP contribution in [-0.4, -0.2) is 31.5 Å². The molecular weight excluding hydrogens is 282 g/mol. The molecule has 0 saturated heterocycles. The van der Waals surface area contributed by atoms with Crippen LogP contribution < -0.4 is 5.69 Å². The largest absolute Gasteiger partial charge is 0.361 e. The minimum absolute atomic E-state index is 0.00233. The summed E-state index contributed by atoms with van der Waals surface area (Å²) >= 11 is 0. The first-order chi connectivity index (χ1) is 10.6. The topological polar surface area (TPSA) is 69.1 Å². The molecule has 22 heavy (non-hydrogen) atoms. The van der Waals surface area contributed by atoms with Crippen molar-refractivity contribution in [1.82, 2.24) is 24.4 Å². The van der Waals surface area contributed by atoms with Gasteiger partial charge >= 0.3 is 5.69 Å². The number of nitrogens with zero attached hydrogens (tertiary/aromatic N) is 5. The maximum absolute atomic E-state index is 12.4. The maximum atomic E-state index is 12.4.